The van der Waals surface area contributed by atoms with Gasteiger partial charge in [-0.25, -0.2) is 0 Å². The van der Waals surface area contributed by atoms with Crippen LogP contribution in [0.5, 0.6) is 0 Å². The maximum Gasteiger partial charge on any atom is 0.305 e. The molecule has 0 aromatic carbocycles. The Hall–Kier alpha value is -1.67. The van der Waals surface area contributed by atoms with Crippen molar-refractivity contribution in [2.75, 3.05) is 13.2 Å². The lowest BCUT2D eigenvalue weighted by molar-refractivity contribution is -0.197. The lowest BCUT2D eigenvalue weighted by Gasteiger charge is -2.23. The summed E-state index contributed by atoms with van der Waals surface area (Å²) in [5, 5.41) is 0. The van der Waals surface area contributed by atoms with E-state index < -0.39 is 42.5 Å². The first-order valence-corrected chi connectivity index (χ1v) is 9.60. The van der Waals surface area contributed by atoms with Crippen LogP contribution in [0, 0.1) is 0 Å². The number of hydrogen-bond acceptors (Lipinski definition) is 8. The zero-order valence-electron chi connectivity index (χ0n) is 16.7. The van der Waals surface area contributed by atoms with Gasteiger partial charge in [-0.1, -0.05) is 39.0 Å². The molecule has 1 unspecified atom stereocenters. The molecule has 0 saturated carbocycles. The molecule has 156 valence electrons. The van der Waals surface area contributed by atoms with Crippen LogP contribution in [0.4, 0.5) is 0 Å². The van der Waals surface area contributed by atoms with Crippen LogP contribution >= 0.6 is 0 Å². The van der Waals surface area contributed by atoms with Crippen molar-refractivity contribution in [1.29, 1.82) is 0 Å². The van der Waals surface area contributed by atoms with Crippen LogP contribution in [0.1, 0.15) is 66.2 Å². The summed E-state index contributed by atoms with van der Waals surface area (Å²) in [5.41, 5.74) is 0. The van der Waals surface area contributed by atoms with E-state index in [1.54, 1.807) is 0 Å². The van der Waals surface area contributed by atoms with E-state index in [9.17, 15) is 14.4 Å². The third-order valence-corrected chi connectivity index (χ3v) is 4.11. The predicted molar refractivity (Wildman–Crippen MR) is 95.7 cm³/mol. The standard InChI is InChI=1S/C19H32O8/c1-5-6-7-8-9-10-11-23-17-16(12-24-13(2)20)27-19(26-15(4)22)18(17)25-14(3)21/h16-19H,5-12H2,1-4H3/t16-,17+,18-,19?/m1/s1. The summed E-state index contributed by atoms with van der Waals surface area (Å²) in [6.45, 7) is 6.32. The van der Waals surface area contributed by atoms with E-state index in [0.717, 1.165) is 19.3 Å². The maximum atomic E-state index is 11.5. The van der Waals surface area contributed by atoms with E-state index in [4.69, 9.17) is 23.7 Å². The fraction of sp³-hybridized carbons (Fsp3) is 0.842. The second-order valence-electron chi connectivity index (χ2n) is 6.63. The molecule has 0 bridgehead atoms. The molecule has 27 heavy (non-hydrogen) atoms. The Balaban J connectivity index is 2.67. The van der Waals surface area contributed by atoms with Gasteiger partial charge in [-0.15, -0.1) is 0 Å². The van der Waals surface area contributed by atoms with E-state index in [1.807, 2.05) is 0 Å². The Morgan fingerprint density at radius 2 is 1.44 bits per heavy atom. The molecule has 8 nitrogen and oxygen atoms in total. The predicted octanol–water partition coefficient (Wildman–Crippen LogP) is 2.51. The smallest absolute Gasteiger partial charge is 0.305 e. The minimum Gasteiger partial charge on any atom is -0.463 e. The third kappa shape index (κ3) is 9.19. The molecule has 1 fully saturated rings. The minimum atomic E-state index is -1.10. The summed E-state index contributed by atoms with van der Waals surface area (Å²) in [6.07, 6.45) is 3.25. The summed E-state index contributed by atoms with van der Waals surface area (Å²) in [7, 11) is 0. The first-order valence-electron chi connectivity index (χ1n) is 9.60. The van der Waals surface area contributed by atoms with Crippen LogP contribution in [0.15, 0.2) is 0 Å². The molecule has 1 aliphatic heterocycles. The van der Waals surface area contributed by atoms with Crippen molar-refractivity contribution in [2.45, 2.75) is 90.8 Å². The first kappa shape index (κ1) is 23.4. The van der Waals surface area contributed by atoms with Crippen molar-refractivity contribution in [2.24, 2.45) is 0 Å². The van der Waals surface area contributed by atoms with Gasteiger partial charge in [0, 0.05) is 27.4 Å². The zero-order chi connectivity index (χ0) is 20.2. The number of esters is 3. The topological polar surface area (TPSA) is 97.4 Å². The number of rotatable bonds is 12. The van der Waals surface area contributed by atoms with Gasteiger partial charge in [0.2, 0.25) is 6.29 Å². The third-order valence-electron chi connectivity index (χ3n) is 4.11. The molecule has 1 heterocycles. The van der Waals surface area contributed by atoms with E-state index in [1.165, 1.54) is 40.0 Å². The molecule has 0 aliphatic carbocycles. The highest BCUT2D eigenvalue weighted by Crippen LogP contribution is 2.28. The number of carbonyl (C=O) groups excluding carboxylic acids is 3. The lowest BCUT2D eigenvalue weighted by Crippen LogP contribution is -2.41. The Labute approximate surface area is 160 Å². The molecular weight excluding hydrogens is 356 g/mol. The van der Waals surface area contributed by atoms with Crippen LogP contribution in [-0.2, 0) is 38.1 Å². The Morgan fingerprint density at radius 1 is 0.815 bits per heavy atom. The molecule has 0 aromatic rings. The van der Waals surface area contributed by atoms with E-state index in [0.29, 0.717) is 6.61 Å². The highest BCUT2D eigenvalue weighted by molar-refractivity contribution is 5.67. The quantitative estimate of drug-likeness (QED) is 0.286. The average molecular weight is 388 g/mol. The van der Waals surface area contributed by atoms with Gasteiger partial charge in [-0.2, -0.15) is 0 Å². The summed E-state index contributed by atoms with van der Waals surface area (Å²) < 4.78 is 26.9. The molecule has 1 saturated heterocycles. The first-order chi connectivity index (χ1) is 12.8. The van der Waals surface area contributed by atoms with Crippen molar-refractivity contribution in [1.82, 2.24) is 0 Å². The molecule has 0 aromatic heterocycles. The SMILES string of the molecule is CCCCCCCCO[C@H]1[C@@H](COC(C)=O)OC(OC(C)=O)[C@@H]1OC(C)=O. The largest absolute Gasteiger partial charge is 0.463 e. The van der Waals surface area contributed by atoms with Crippen molar-refractivity contribution in [3.63, 3.8) is 0 Å². The van der Waals surface area contributed by atoms with Gasteiger partial charge in [0.1, 0.15) is 18.8 Å². The fourth-order valence-corrected chi connectivity index (χ4v) is 2.90. The van der Waals surface area contributed by atoms with Gasteiger partial charge in [0.05, 0.1) is 0 Å². The minimum absolute atomic E-state index is 0.0774. The normalized spacial score (nSPS) is 24.4. The van der Waals surface area contributed by atoms with Gasteiger partial charge in [0.15, 0.2) is 6.10 Å². The highest BCUT2D eigenvalue weighted by atomic mass is 16.7. The lowest BCUT2D eigenvalue weighted by atomic mass is 10.1. The summed E-state index contributed by atoms with van der Waals surface area (Å²) >= 11 is 0. The van der Waals surface area contributed by atoms with Gasteiger partial charge in [0.25, 0.3) is 0 Å². The van der Waals surface area contributed by atoms with E-state index >= 15 is 0 Å². The monoisotopic (exact) mass is 388 g/mol. The summed E-state index contributed by atoms with van der Waals surface area (Å²) in [4.78, 5) is 33.9. The second-order valence-corrected chi connectivity index (χ2v) is 6.63. The maximum absolute atomic E-state index is 11.5. The number of ether oxygens (including phenoxy) is 5. The number of carbonyl (C=O) groups is 3. The molecule has 4 atom stereocenters. The molecule has 0 amide bonds. The van der Waals surface area contributed by atoms with Crippen molar-refractivity contribution in [3.8, 4) is 0 Å². The summed E-state index contributed by atoms with van der Waals surface area (Å²) in [6, 6.07) is 0. The van der Waals surface area contributed by atoms with Crippen LogP contribution in [0.2, 0.25) is 0 Å². The Bertz CT molecular complexity index is 478. The van der Waals surface area contributed by atoms with Gasteiger partial charge in [-0.3, -0.25) is 14.4 Å². The van der Waals surface area contributed by atoms with Crippen LogP contribution in [0.3, 0.4) is 0 Å². The Morgan fingerprint density at radius 3 is 2.04 bits per heavy atom. The van der Waals surface area contributed by atoms with Crippen LogP contribution in [-0.4, -0.2) is 55.7 Å². The van der Waals surface area contributed by atoms with Crippen molar-refractivity contribution >= 4 is 17.9 Å². The Kier molecular flexibility index (Phi) is 11.0. The second kappa shape index (κ2) is 12.7. The van der Waals surface area contributed by atoms with Gasteiger partial charge in [-0.05, 0) is 6.42 Å². The van der Waals surface area contributed by atoms with Gasteiger partial charge < -0.3 is 23.7 Å². The molecule has 8 heteroatoms. The number of hydrogen-bond donors (Lipinski definition) is 0. The van der Waals surface area contributed by atoms with Crippen LogP contribution in [0.25, 0.3) is 0 Å². The average Bonchev–Trinajstić information content (AvgIpc) is 2.88. The fourth-order valence-electron chi connectivity index (χ4n) is 2.90. The van der Waals surface area contributed by atoms with E-state index in [2.05, 4.69) is 6.92 Å². The molecule has 0 radical (unpaired) electrons. The van der Waals surface area contributed by atoms with Gasteiger partial charge >= 0.3 is 17.9 Å². The van der Waals surface area contributed by atoms with Crippen molar-refractivity contribution < 1.29 is 38.1 Å². The zero-order valence-corrected chi connectivity index (χ0v) is 16.7. The summed E-state index contributed by atoms with van der Waals surface area (Å²) in [5.74, 6) is -1.57. The van der Waals surface area contributed by atoms with E-state index in [-0.39, 0.29) is 6.61 Å². The van der Waals surface area contributed by atoms with Crippen molar-refractivity contribution in [3.05, 3.63) is 0 Å². The molecule has 0 N–H and O–H groups in total. The van der Waals surface area contributed by atoms with Crippen LogP contribution < -0.4 is 0 Å². The molecular formula is C19H32O8. The molecule has 0 spiro atoms. The molecule has 1 rings (SSSR count). The number of unbranched alkanes of at least 4 members (excludes halogenated alkanes) is 5. The highest BCUT2D eigenvalue weighted by Gasteiger charge is 2.50. The molecule has 1 aliphatic rings.